The Kier molecular flexibility index (Phi) is 5.34. The minimum absolute atomic E-state index is 0.135. The second-order valence-corrected chi connectivity index (χ2v) is 5.80. The maximum absolute atomic E-state index is 8.79. The summed E-state index contributed by atoms with van der Waals surface area (Å²) in [5.74, 6) is 0. The minimum Gasteiger partial charge on any atom is -0.395 e. The molecule has 0 aromatic heterocycles. The van der Waals surface area contributed by atoms with Crippen LogP contribution < -0.4 is 5.32 Å². The molecule has 0 radical (unpaired) electrons. The Balaban J connectivity index is 2.46. The fourth-order valence-electron chi connectivity index (χ4n) is 0.864. The van der Waals surface area contributed by atoms with E-state index in [1.807, 2.05) is 4.90 Å². The highest BCUT2D eigenvalue weighted by molar-refractivity contribution is 8.89. The van der Waals surface area contributed by atoms with Gasteiger partial charge < -0.3 is 15.3 Å². The van der Waals surface area contributed by atoms with E-state index in [0.29, 0.717) is 6.54 Å². The zero-order chi connectivity index (χ0) is 9.68. The SMILES string of the molecule is OCCN1CCNC(=S)SSC1=S. The second-order valence-electron chi connectivity index (χ2n) is 2.36. The van der Waals surface area contributed by atoms with Crippen LogP contribution >= 0.6 is 46.0 Å². The van der Waals surface area contributed by atoms with Crippen molar-refractivity contribution in [1.29, 1.82) is 0 Å². The predicted molar refractivity (Wildman–Crippen MR) is 67.0 cm³/mol. The zero-order valence-corrected chi connectivity index (χ0v) is 10.1. The molecule has 3 nitrogen and oxygen atoms in total. The van der Waals surface area contributed by atoms with Gasteiger partial charge in [0.2, 0.25) is 0 Å². The molecule has 13 heavy (non-hydrogen) atoms. The molecule has 1 saturated heterocycles. The highest BCUT2D eigenvalue weighted by atomic mass is 33.1. The molecule has 74 valence electrons. The van der Waals surface area contributed by atoms with Crippen LogP contribution in [0.4, 0.5) is 0 Å². The van der Waals surface area contributed by atoms with Gasteiger partial charge in [0.1, 0.15) is 8.64 Å². The molecule has 1 aliphatic heterocycles. The van der Waals surface area contributed by atoms with E-state index in [1.54, 1.807) is 0 Å². The summed E-state index contributed by atoms with van der Waals surface area (Å²) < 4.78 is 1.57. The molecule has 0 aliphatic carbocycles. The van der Waals surface area contributed by atoms with E-state index in [9.17, 15) is 0 Å². The van der Waals surface area contributed by atoms with Gasteiger partial charge in [0, 0.05) is 19.6 Å². The van der Waals surface area contributed by atoms with Gasteiger partial charge in [-0.05, 0) is 21.6 Å². The summed E-state index contributed by atoms with van der Waals surface area (Å²) in [6.07, 6.45) is 0. The first-order valence-electron chi connectivity index (χ1n) is 3.76. The number of nitrogens with zero attached hydrogens (tertiary/aromatic N) is 1. The molecule has 1 aliphatic rings. The van der Waals surface area contributed by atoms with Crippen molar-refractivity contribution in [2.24, 2.45) is 0 Å². The van der Waals surface area contributed by atoms with E-state index >= 15 is 0 Å². The molecule has 0 saturated carbocycles. The molecule has 7 heteroatoms. The Hall–Kier alpha value is 0.440. The molecule has 1 rings (SSSR count). The average Bonchev–Trinajstić information content (AvgIpc) is 2.11. The maximum Gasteiger partial charge on any atom is 0.147 e. The largest absolute Gasteiger partial charge is 0.395 e. The average molecular weight is 254 g/mol. The molecular formula is C6H10N2OS4. The van der Waals surface area contributed by atoms with E-state index in [1.165, 1.54) is 21.6 Å². The van der Waals surface area contributed by atoms with Gasteiger partial charge in [-0.3, -0.25) is 0 Å². The summed E-state index contributed by atoms with van der Waals surface area (Å²) in [6.45, 7) is 2.32. The Bertz CT molecular complexity index is 211. The highest BCUT2D eigenvalue weighted by Gasteiger charge is 2.14. The zero-order valence-electron chi connectivity index (χ0n) is 6.86. The van der Waals surface area contributed by atoms with E-state index in [-0.39, 0.29) is 6.61 Å². The first kappa shape index (κ1) is 11.5. The monoisotopic (exact) mass is 254 g/mol. The Morgan fingerprint density at radius 1 is 1.46 bits per heavy atom. The summed E-state index contributed by atoms with van der Waals surface area (Å²) in [4.78, 5) is 1.97. The Morgan fingerprint density at radius 3 is 2.92 bits per heavy atom. The van der Waals surface area contributed by atoms with Gasteiger partial charge in [-0.2, -0.15) is 0 Å². The van der Waals surface area contributed by atoms with E-state index in [0.717, 1.165) is 21.7 Å². The van der Waals surface area contributed by atoms with Gasteiger partial charge in [0.25, 0.3) is 0 Å². The van der Waals surface area contributed by atoms with Crippen LogP contribution in [0.5, 0.6) is 0 Å². The summed E-state index contributed by atoms with van der Waals surface area (Å²) in [5, 5.41) is 11.9. The number of β-amino-alcohol motifs (C(OH)–C–C–N with tert-alkyl or cyclic N) is 1. The molecular weight excluding hydrogens is 244 g/mol. The van der Waals surface area contributed by atoms with Crippen LogP contribution in [0.1, 0.15) is 0 Å². The summed E-state index contributed by atoms with van der Waals surface area (Å²) in [5.41, 5.74) is 0. The van der Waals surface area contributed by atoms with E-state index < -0.39 is 0 Å². The maximum atomic E-state index is 8.79. The van der Waals surface area contributed by atoms with Crippen molar-refractivity contribution in [3.63, 3.8) is 0 Å². The van der Waals surface area contributed by atoms with Crippen molar-refractivity contribution in [1.82, 2.24) is 10.2 Å². The quantitative estimate of drug-likeness (QED) is 0.558. The van der Waals surface area contributed by atoms with Crippen molar-refractivity contribution in [3.8, 4) is 0 Å². The van der Waals surface area contributed by atoms with Gasteiger partial charge in [-0.25, -0.2) is 0 Å². The van der Waals surface area contributed by atoms with Crippen LogP contribution in [0.15, 0.2) is 0 Å². The summed E-state index contributed by atoms with van der Waals surface area (Å²) >= 11 is 10.2. The van der Waals surface area contributed by atoms with Crippen molar-refractivity contribution in [3.05, 3.63) is 0 Å². The fourth-order valence-corrected chi connectivity index (χ4v) is 3.29. The van der Waals surface area contributed by atoms with Gasteiger partial charge in [-0.15, -0.1) is 0 Å². The summed E-state index contributed by atoms with van der Waals surface area (Å²) in [7, 11) is 2.93. The third-order valence-electron chi connectivity index (χ3n) is 1.47. The lowest BCUT2D eigenvalue weighted by molar-refractivity contribution is 0.254. The van der Waals surface area contributed by atoms with E-state index in [4.69, 9.17) is 29.5 Å². The highest BCUT2D eigenvalue weighted by Crippen LogP contribution is 2.26. The van der Waals surface area contributed by atoms with Gasteiger partial charge in [0.15, 0.2) is 0 Å². The van der Waals surface area contributed by atoms with Crippen LogP contribution in [0.3, 0.4) is 0 Å². The molecule has 0 atom stereocenters. The van der Waals surface area contributed by atoms with Crippen LogP contribution in [-0.2, 0) is 0 Å². The normalized spacial score (nSPS) is 19.3. The number of rotatable bonds is 2. The minimum atomic E-state index is 0.135. The number of nitrogens with one attached hydrogen (secondary N) is 1. The number of aliphatic hydroxyl groups excluding tert-OH is 1. The third-order valence-corrected chi connectivity index (χ3v) is 5.01. The number of thiocarbonyl (C=S) groups is 2. The number of aliphatic hydroxyl groups is 1. The van der Waals surface area contributed by atoms with Crippen LogP contribution in [0, 0.1) is 0 Å². The topological polar surface area (TPSA) is 35.5 Å². The molecule has 2 N–H and O–H groups in total. The molecule has 1 heterocycles. The first-order valence-corrected chi connectivity index (χ1v) is 6.73. The van der Waals surface area contributed by atoms with Crippen LogP contribution in [-0.4, -0.2) is 44.9 Å². The van der Waals surface area contributed by atoms with Crippen LogP contribution in [0.2, 0.25) is 0 Å². The molecule has 0 aromatic rings. The van der Waals surface area contributed by atoms with Crippen molar-refractivity contribution >= 4 is 54.7 Å². The van der Waals surface area contributed by atoms with Crippen molar-refractivity contribution in [2.45, 2.75) is 0 Å². The lowest BCUT2D eigenvalue weighted by Crippen LogP contribution is -2.38. The number of hydrogen-bond donors (Lipinski definition) is 2. The lowest BCUT2D eigenvalue weighted by atomic mass is 10.5. The molecule has 0 spiro atoms. The van der Waals surface area contributed by atoms with Crippen molar-refractivity contribution < 1.29 is 5.11 Å². The Morgan fingerprint density at radius 2 is 2.23 bits per heavy atom. The first-order chi connectivity index (χ1) is 6.24. The van der Waals surface area contributed by atoms with Crippen LogP contribution in [0.25, 0.3) is 0 Å². The molecule has 0 aromatic carbocycles. The molecule has 0 bridgehead atoms. The van der Waals surface area contributed by atoms with Crippen molar-refractivity contribution in [2.75, 3.05) is 26.2 Å². The van der Waals surface area contributed by atoms with Gasteiger partial charge >= 0.3 is 0 Å². The number of hydrogen-bond acceptors (Lipinski definition) is 5. The summed E-state index contributed by atoms with van der Waals surface area (Å²) in [6, 6.07) is 0. The molecule has 0 amide bonds. The smallest absolute Gasteiger partial charge is 0.147 e. The standard InChI is InChI=1S/C6H10N2OS4/c9-4-3-8-2-1-7-5(10)12-13-6(8)11/h9H,1-4H2,(H,7,10). The second kappa shape index (κ2) is 6.02. The third kappa shape index (κ3) is 3.99. The fraction of sp³-hybridized carbons (Fsp3) is 0.667. The Labute approximate surface area is 96.0 Å². The van der Waals surface area contributed by atoms with E-state index in [2.05, 4.69) is 5.32 Å². The van der Waals surface area contributed by atoms with Gasteiger partial charge in [-0.1, -0.05) is 24.4 Å². The lowest BCUT2D eigenvalue weighted by Gasteiger charge is -2.26. The molecule has 0 unspecified atom stereocenters. The predicted octanol–water partition coefficient (Wildman–Crippen LogP) is 0.835. The molecule has 1 fully saturated rings. The van der Waals surface area contributed by atoms with Gasteiger partial charge in [0.05, 0.1) is 6.61 Å².